The van der Waals surface area contributed by atoms with Crippen LogP contribution in [-0.4, -0.2) is 35.6 Å². The molecule has 0 aromatic heterocycles. The standard InChI is InChI=1S/C14H15NO5S/c1-2-19-12(16)8-20-10-5-3-9(4-6-10)7-11-13(17)15-14(18)21-11/h3-6,11H,2,7-8H2,1H3,(H,15,17,18)/t11-/m0/s1. The number of nitrogens with one attached hydrogen (secondary N) is 1. The van der Waals surface area contributed by atoms with Crippen molar-refractivity contribution in [3.05, 3.63) is 29.8 Å². The highest BCUT2D eigenvalue weighted by atomic mass is 32.2. The largest absolute Gasteiger partial charge is 0.482 e. The molecule has 6 nitrogen and oxygen atoms in total. The average molecular weight is 309 g/mol. The highest BCUT2D eigenvalue weighted by Crippen LogP contribution is 2.23. The first-order chi connectivity index (χ1) is 10.1. The van der Waals surface area contributed by atoms with Gasteiger partial charge in [0.25, 0.3) is 5.24 Å². The lowest BCUT2D eigenvalue weighted by atomic mass is 10.1. The van der Waals surface area contributed by atoms with Crippen LogP contribution in [0.3, 0.4) is 0 Å². The van der Waals surface area contributed by atoms with Crippen LogP contribution in [-0.2, 0) is 20.7 Å². The molecule has 1 heterocycles. The van der Waals surface area contributed by atoms with E-state index in [1.165, 1.54) is 0 Å². The van der Waals surface area contributed by atoms with Crippen molar-refractivity contribution in [1.29, 1.82) is 0 Å². The molecule has 0 bridgehead atoms. The lowest BCUT2D eigenvalue weighted by molar-refractivity contribution is -0.145. The number of benzene rings is 1. The van der Waals surface area contributed by atoms with Crippen LogP contribution in [0.15, 0.2) is 24.3 Å². The Hall–Kier alpha value is -2.02. The summed E-state index contributed by atoms with van der Waals surface area (Å²) in [6.07, 6.45) is 0.473. The molecule has 112 valence electrons. The molecule has 0 aliphatic carbocycles. The van der Waals surface area contributed by atoms with Gasteiger partial charge in [-0.05, 0) is 31.0 Å². The van der Waals surface area contributed by atoms with Crippen LogP contribution in [0.2, 0.25) is 0 Å². The quantitative estimate of drug-likeness (QED) is 0.802. The van der Waals surface area contributed by atoms with Gasteiger partial charge in [-0.1, -0.05) is 23.9 Å². The Morgan fingerprint density at radius 3 is 2.57 bits per heavy atom. The van der Waals surface area contributed by atoms with E-state index in [-0.39, 0.29) is 23.0 Å². The second-order valence-electron chi connectivity index (χ2n) is 4.32. The van der Waals surface area contributed by atoms with E-state index in [9.17, 15) is 14.4 Å². The number of hydrogen-bond donors (Lipinski definition) is 1. The number of carbonyl (C=O) groups excluding carboxylic acids is 3. The van der Waals surface area contributed by atoms with Gasteiger partial charge in [-0.25, -0.2) is 4.79 Å². The van der Waals surface area contributed by atoms with Gasteiger partial charge in [0, 0.05) is 0 Å². The Kier molecular flexibility index (Phi) is 5.21. The topological polar surface area (TPSA) is 81.7 Å². The fraction of sp³-hybridized carbons (Fsp3) is 0.357. The summed E-state index contributed by atoms with van der Waals surface area (Å²) >= 11 is 1.00. The normalized spacial score (nSPS) is 17.5. The summed E-state index contributed by atoms with van der Waals surface area (Å²) in [6, 6.07) is 7.04. The summed E-state index contributed by atoms with van der Waals surface area (Å²) in [6.45, 7) is 1.91. The monoisotopic (exact) mass is 309 g/mol. The molecule has 1 N–H and O–H groups in total. The fourth-order valence-corrected chi connectivity index (χ4v) is 2.67. The molecule has 0 unspecified atom stereocenters. The van der Waals surface area contributed by atoms with Crippen LogP contribution in [0.25, 0.3) is 0 Å². The SMILES string of the molecule is CCOC(=O)COc1ccc(C[C@@H]2SC(=O)NC2=O)cc1. The first kappa shape index (κ1) is 15.4. The number of rotatable bonds is 6. The van der Waals surface area contributed by atoms with Gasteiger partial charge in [-0.2, -0.15) is 0 Å². The summed E-state index contributed by atoms with van der Waals surface area (Å²) in [7, 11) is 0. The molecule has 1 saturated heterocycles. The van der Waals surface area contributed by atoms with Crippen LogP contribution < -0.4 is 10.1 Å². The van der Waals surface area contributed by atoms with E-state index in [0.29, 0.717) is 18.8 Å². The number of imide groups is 1. The second-order valence-corrected chi connectivity index (χ2v) is 5.50. The number of hydrogen-bond acceptors (Lipinski definition) is 6. The molecule has 21 heavy (non-hydrogen) atoms. The smallest absolute Gasteiger partial charge is 0.344 e. The second kappa shape index (κ2) is 7.12. The maximum Gasteiger partial charge on any atom is 0.344 e. The zero-order valence-corrected chi connectivity index (χ0v) is 12.3. The molecule has 1 aliphatic rings. The molecule has 1 atom stereocenters. The molecule has 0 saturated carbocycles. The summed E-state index contributed by atoms with van der Waals surface area (Å²) in [5.41, 5.74) is 0.917. The lowest BCUT2D eigenvalue weighted by Crippen LogP contribution is -2.25. The average Bonchev–Trinajstić information content (AvgIpc) is 2.76. The van der Waals surface area contributed by atoms with Gasteiger partial charge in [0.05, 0.1) is 11.9 Å². The number of thioether (sulfide) groups is 1. The fourth-order valence-electron chi connectivity index (χ4n) is 1.81. The van der Waals surface area contributed by atoms with E-state index in [1.54, 1.807) is 31.2 Å². The Labute approximate surface area is 126 Å². The van der Waals surface area contributed by atoms with Gasteiger partial charge >= 0.3 is 5.97 Å². The molecule has 2 rings (SSSR count). The molecule has 1 aromatic carbocycles. The maximum atomic E-state index is 11.5. The summed E-state index contributed by atoms with van der Waals surface area (Å²) in [5.74, 6) is -0.127. The van der Waals surface area contributed by atoms with E-state index >= 15 is 0 Å². The van der Waals surface area contributed by atoms with Crippen LogP contribution in [0, 0.1) is 0 Å². The van der Waals surface area contributed by atoms with Crippen molar-refractivity contribution < 1.29 is 23.9 Å². The predicted molar refractivity (Wildman–Crippen MR) is 77.2 cm³/mol. The molecule has 1 fully saturated rings. The number of esters is 1. The third kappa shape index (κ3) is 4.49. The minimum atomic E-state index is -0.417. The number of ether oxygens (including phenoxy) is 2. The van der Waals surface area contributed by atoms with Crippen molar-refractivity contribution in [2.75, 3.05) is 13.2 Å². The Morgan fingerprint density at radius 1 is 1.29 bits per heavy atom. The van der Waals surface area contributed by atoms with Crippen molar-refractivity contribution >= 4 is 28.9 Å². The zero-order chi connectivity index (χ0) is 15.2. The van der Waals surface area contributed by atoms with E-state index in [4.69, 9.17) is 9.47 Å². The molecular weight excluding hydrogens is 294 g/mol. The first-order valence-electron chi connectivity index (χ1n) is 6.47. The van der Waals surface area contributed by atoms with Crippen molar-refractivity contribution in [3.63, 3.8) is 0 Å². The molecule has 2 amide bonds. The van der Waals surface area contributed by atoms with Crippen LogP contribution in [0.4, 0.5) is 4.79 Å². The van der Waals surface area contributed by atoms with Gasteiger partial charge < -0.3 is 9.47 Å². The molecule has 7 heteroatoms. The minimum absolute atomic E-state index is 0.136. The van der Waals surface area contributed by atoms with Crippen molar-refractivity contribution in [2.24, 2.45) is 0 Å². The third-order valence-electron chi connectivity index (χ3n) is 2.77. The maximum absolute atomic E-state index is 11.5. The highest BCUT2D eigenvalue weighted by Gasteiger charge is 2.31. The number of carbonyl (C=O) groups is 3. The third-order valence-corrected chi connectivity index (χ3v) is 3.75. The van der Waals surface area contributed by atoms with E-state index in [0.717, 1.165) is 17.3 Å². The van der Waals surface area contributed by atoms with Gasteiger partial charge in [0.1, 0.15) is 5.75 Å². The van der Waals surface area contributed by atoms with Gasteiger partial charge in [-0.3, -0.25) is 14.9 Å². The van der Waals surface area contributed by atoms with Gasteiger partial charge in [0.15, 0.2) is 6.61 Å². The minimum Gasteiger partial charge on any atom is -0.482 e. The van der Waals surface area contributed by atoms with E-state index < -0.39 is 5.97 Å². The molecule has 1 aliphatic heterocycles. The predicted octanol–water partition coefficient (Wildman–Crippen LogP) is 1.52. The van der Waals surface area contributed by atoms with Crippen molar-refractivity contribution in [1.82, 2.24) is 5.32 Å². The molecule has 0 spiro atoms. The zero-order valence-electron chi connectivity index (χ0n) is 11.5. The van der Waals surface area contributed by atoms with Crippen molar-refractivity contribution in [3.8, 4) is 5.75 Å². The van der Waals surface area contributed by atoms with Crippen molar-refractivity contribution in [2.45, 2.75) is 18.6 Å². The van der Waals surface area contributed by atoms with E-state index in [1.807, 2.05) is 0 Å². The first-order valence-corrected chi connectivity index (χ1v) is 7.35. The summed E-state index contributed by atoms with van der Waals surface area (Å²) in [5, 5.41) is 1.56. The van der Waals surface area contributed by atoms with Crippen LogP contribution >= 0.6 is 11.8 Å². The summed E-state index contributed by atoms with van der Waals surface area (Å²) in [4.78, 5) is 33.7. The van der Waals surface area contributed by atoms with Crippen LogP contribution in [0.5, 0.6) is 5.75 Å². The van der Waals surface area contributed by atoms with Crippen LogP contribution in [0.1, 0.15) is 12.5 Å². The lowest BCUT2D eigenvalue weighted by Gasteiger charge is -2.08. The van der Waals surface area contributed by atoms with E-state index in [2.05, 4.69) is 5.32 Å². The van der Waals surface area contributed by atoms with Gasteiger partial charge in [0.2, 0.25) is 5.91 Å². The molecule has 1 aromatic rings. The van der Waals surface area contributed by atoms with Gasteiger partial charge in [-0.15, -0.1) is 0 Å². The Balaban J connectivity index is 1.86. The summed E-state index contributed by atoms with van der Waals surface area (Å²) < 4.78 is 10.0. The Morgan fingerprint density at radius 2 is 2.00 bits per heavy atom. The number of amides is 2. The highest BCUT2D eigenvalue weighted by molar-refractivity contribution is 8.15. The Bertz CT molecular complexity index is 543. The molecular formula is C14H15NO5S. The molecule has 0 radical (unpaired) electrons.